The number of nitrogens with one attached hydrogen (secondary N) is 2. The summed E-state index contributed by atoms with van der Waals surface area (Å²) in [6.07, 6.45) is 5.22. The molecule has 2 saturated heterocycles. The maximum absolute atomic E-state index is 12.3. The summed E-state index contributed by atoms with van der Waals surface area (Å²) in [6.45, 7) is 0. The van der Waals surface area contributed by atoms with Crippen molar-refractivity contribution in [2.75, 3.05) is 0 Å². The monoisotopic (exact) mass is 423 g/mol. The number of hydrogen-bond acceptors (Lipinski definition) is 4. The minimum absolute atomic E-state index is 0. The van der Waals surface area contributed by atoms with E-state index in [0.717, 1.165) is 27.4 Å². The maximum atomic E-state index is 12.3. The molecule has 0 saturated carbocycles. The van der Waals surface area contributed by atoms with Gasteiger partial charge in [0.2, 0.25) is 0 Å². The van der Waals surface area contributed by atoms with Gasteiger partial charge in [-0.3, -0.25) is 4.79 Å². The van der Waals surface area contributed by atoms with Crippen LogP contribution in [-0.2, 0) is 0 Å². The van der Waals surface area contributed by atoms with Crippen molar-refractivity contribution in [1.29, 1.82) is 0 Å². The van der Waals surface area contributed by atoms with Gasteiger partial charge in [0.05, 0.1) is 4.70 Å². The second-order valence-corrected chi connectivity index (χ2v) is 7.28. The molecule has 22 heavy (non-hydrogen) atoms. The van der Waals surface area contributed by atoms with Gasteiger partial charge in [0.25, 0.3) is 5.91 Å². The lowest BCUT2D eigenvalue weighted by molar-refractivity contribution is 0.0926. The highest BCUT2D eigenvalue weighted by atomic mass is 79.9. The van der Waals surface area contributed by atoms with E-state index >= 15 is 0 Å². The Balaban J connectivity index is 0.000000882. The molecule has 1 amide bonds. The van der Waals surface area contributed by atoms with Gasteiger partial charge in [0.1, 0.15) is 5.69 Å². The molecular formula is C14H16BrCl2N3OS. The number of carbonyl (C=O) groups is 1. The summed E-state index contributed by atoms with van der Waals surface area (Å²) < 4.78 is 2.12. The van der Waals surface area contributed by atoms with Crippen molar-refractivity contribution >= 4 is 68.1 Å². The average Bonchev–Trinajstić information content (AvgIpc) is 3.15. The number of hydrogen-bond donors (Lipinski definition) is 2. The van der Waals surface area contributed by atoms with Crippen molar-refractivity contribution in [3.05, 3.63) is 27.8 Å². The Kier molecular flexibility index (Phi) is 5.72. The highest BCUT2D eigenvalue weighted by molar-refractivity contribution is 9.10. The lowest BCUT2D eigenvalue weighted by Crippen LogP contribution is -2.43. The van der Waals surface area contributed by atoms with Crippen LogP contribution in [0.4, 0.5) is 0 Å². The van der Waals surface area contributed by atoms with Crippen LogP contribution in [0.15, 0.2) is 22.1 Å². The second kappa shape index (κ2) is 7.01. The van der Waals surface area contributed by atoms with Crippen molar-refractivity contribution in [2.24, 2.45) is 0 Å². The third-order valence-corrected chi connectivity index (χ3v) is 6.16. The minimum atomic E-state index is -0.0654. The smallest absolute Gasteiger partial charge is 0.270 e. The third kappa shape index (κ3) is 3.12. The summed E-state index contributed by atoms with van der Waals surface area (Å²) in [6, 6.07) is 3.16. The van der Waals surface area contributed by atoms with E-state index in [4.69, 9.17) is 0 Å². The van der Waals surface area contributed by atoms with Gasteiger partial charge in [-0.2, -0.15) is 0 Å². The summed E-state index contributed by atoms with van der Waals surface area (Å²) in [4.78, 5) is 16.6. The van der Waals surface area contributed by atoms with Crippen LogP contribution in [0.5, 0.6) is 0 Å². The molecule has 8 heteroatoms. The predicted molar refractivity (Wildman–Crippen MR) is 97.6 cm³/mol. The Morgan fingerprint density at radius 2 is 2.23 bits per heavy atom. The van der Waals surface area contributed by atoms with Crippen LogP contribution in [0.1, 0.15) is 29.8 Å². The first-order valence-corrected chi connectivity index (χ1v) is 8.47. The van der Waals surface area contributed by atoms with Crippen LogP contribution in [0, 0.1) is 0 Å². The fourth-order valence-corrected chi connectivity index (χ4v) is 4.76. The Bertz CT molecular complexity index is 696. The fraction of sp³-hybridized carbons (Fsp3) is 0.429. The van der Waals surface area contributed by atoms with Crippen molar-refractivity contribution in [1.82, 2.24) is 15.6 Å². The molecule has 2 fully saturated rings. The zero-order valence-electron chi connectivity index (χ0n) is 11.5. The SMILES string of the molecule is Cl.Cl.O=C(N[C@@H]1C[C@H]2CC[C@@H]1N2)c1cc2c(Br)csc2cn1. The number of halogens is 3. The third-order valence-electron chi connectivity index (χ3n) is 4.26. The first-order chi connectivity index (χ1) is 9.70. The molecule has 0 radical (unpaired) electrons. The predicted octanol–water partition coefficient (Wildman–Crippen LogP) is 3.53. The molecule has 0 unspecified atom stereocenters. The number of carbonyl (C=O) groups excluding carboxylic acids is 1. The van der Waals surface area contributed by atoms with Crippen molar-refractivity contribution in [3.63, 3.8) is 0 Å². The van der Waals surface area contributed by atoms with Gasteiger partial charge in [-0.25, -0.2) is 4.98 Å². The van der Waals surface area contributed by atoms with Crippen LogP contribution in [0.2, 0.25) is 0 Å². The normalized spacial score (nSPS) is 25.6. The molecule has 2 aliphatic rings. The lowest BCUT2D eigenvalue weighted by atomic mass is 9.95. The number of pyridine rings is 1. The van der Waals surface area contributed by atoms with E-state index in [9.17, 15) is 4.79 Å². The number of thiophene rings is 1. The van der Waals surface area contributed by atoms with Crippen molar-refractivity contribution in [2.45, 2.75) is 37.4 Å². The molecule has 3 atom stereocenters. The highest BCUT2D eigenvalue weighted by Crippen LogP contribution is 2.31. The molecule has 2 bridgehead atoms. The van der Waals surface area contributed by atoms with E-state index in [-0.39, 0.29) is 36.8 Å². The first kappa shape index (κ1) is 17.9. The van der Waals surface area contributed by atoms with E-state index in [1.165, 1.54) is 6.42 Å². The molecule has 4 heterocycles. The molecule has 0 aromatic carbocycles. The maximum Gasteiger partial charge on any atom is 0.270 e. The Hall–Kier alpha value is -0.400. The Labute approximate surface area is 153 Å². The van der Waals surface area contributed by atoms with E-state index in [0.29, 0.717) is 17.8 Å². The summed E-state index contributed by atoms with van der Waals surface area (Å²) in [5.74, 6) is -0.0654. The molecular weight excluding hydrogens is 409 g/mol. The first-order valence-electron chi connectivity index (χ1n) is 6.80. The zero-order valence-corrected chi connectivity index (χ0v) is 15.6. The molecule has 4 rings (SSSR count). The summed E-state index contributed by atoms with van der Waals surface area (Å²) in [5, 5.41) is 9.73. The molecule has 2 N–H and O–H groups in total. The van der Waals surface area contributed by atoms with Gasteiger partial charge in [-0.05, 0) is 41.3 Å². The van der Waals surface area contributed by atoms with Crippen LogP contribution in [-0.4, -0.2) is 29.0 Å². The van der Waals surface area contributed by atoms with Gasteiger partial charge in [0.15, 0.2) is 0 Å². The summed E-state index contributed by atoms with van der Waals surface area (Å²) in [5.41, 5.74) is 0.499. The molecule has 2 aromatic heterocycles. The summed E-state index contributed by atoms with van der Waals surface area (Å²) in [7, 11) is 0. The zero-order chi connectivity index (χ0) is 13.7. The number of nitrogens with zero attached hydrogens (tertiary/aromatic N) is 1. The molecule has 4 nitrogen and oxygen atoms in total. The van der Waals surface area contributed by atoms with Gasteiger partial charge in [-0.1, -0.05) is 0 Å². The number of amides is 1. The lowest BCUT2D eigenvalue weighted by Gasteiger charge is -2.21. The van der Waals surface area contributed by atoms with Gasteiger partial charge >= 0.3 is 0 Å². The fourth-order valence-electron chi connectivity index (χ4n) is 3.25. The Morgan fingerprint density at radius 1 is 1.41 bits per heavy atom. The van der Waals surface area contributed by atoms with Crippen LogP contribution >= 0.6 is 52.1 Å². The standard InChI is InChI=1S/C14H14BrN3OS.2ClH/c15-9-6-20-13-5-16-12(4-8(9)13)14(19)18-11-3-7-1-2-10(11)17-7;;/h4-7,10-11,17H,1-3H2,(H,18,19);2*1H/t7-,10+,11-;;/m1../s1. The molecule has 0 spiro atoms. The second-order valence-electron chi connectivity index (χ2n) is 5.51. The molecule has 120 valence electrons. The highest BCUT2D eigenvalue weighted by Gasteiger charge is 2.39. The number of rotatable bonds is 2. The van der Waals surface area contributed by atoms with Gasteiger partial charge in [0, 0.05) is 39.6 Å². The topological polar surface area (TPSA) is 54.0 Å². The van der Waals surface area contributed by atoms with Crippen LogP contribution < -0.4 is 10.6 Å². The number of aromatic nitrogens is 1. The minimum Gasteiger partial charge on any atom is -0.346 e. The molecule has 2 aromatic rings. The van der Waals surface area contributed by atoms with E-state index in [1.807, 2.05) is 11.4 Å². The quantitative estimate of drug-likeness (QED) is 0.775. The van der Waals surface area contributed by atoms with Crippen LogP contribution in [0.25, 0.3) is 10.1 Å². The van der Waals surface area contributed by atoms with Crippen LogP contribution in [0.3, 0.4) is 0 Å². The number of fused-ring (bicyclic) bond motifs is 3. The largest absolute Gasteiger partial charge is 0.346 e. The Morgan fingerprint density at radius 3 is 2.91 bits per heavy atom. The van der Waals surface area contributed by atoms with E-state index in [1.54, 1.807) is 17.5 Å². The van der Waals surface area contributed by atoms with Gasteiger partial charge in [-0.15, -0.1) is 36.2 Å². The molecule has 0 aliphatic carbocycles. The van der Waals surface area contributed by atoms with Gasteiger partial charge < -0.3 is 10.6 Å². The van der Waals surface area contributed by atoms with Crippen molar-refractivity contribution < 1.29 is 4.79 Å². The average molecular weight is 425 g/mol. The summed E-state index contributed by atoms with van der Waals surface area (Å²) >= 11 is 5.13. The van der Waals surface area contributed by atoms with E-state index in [2.05, 4.69) is 31.5 Å². The van der Waals surface area contributed by atoms with E-state index < -0.39 is 0 Å². The van der Waals surface area contributed by atoms with Crippen molar-refractivity contribution in [3.8, 4) is 0 Å². The molecule has 2 aliphatic heterocycles.